The van der Waals surface area contributed by atoms with Crippen LogP contribution in [0.3, 0.4) is 0 Å². The molecule has 3 rings (SSSR count). The van der Waals surface area contributed by atoms with Crippen molar-refractivity contribution in [3.05, 3.63) is 77.3 Å². The van der Waals surface area contributed by atoms with E-state index < -0.39 is 28.6 Å². The van der Waals surface area contributed by atoms with Crippen molar-refractivity contribution in [1.82, 2.24) is 5.43 Å². The summed E-state index contributed by atoms with van der Waals surface area (Å²) >= 11 is 6.21. The first-order valence-corrected chi connectivity index (χ1v) is 12.7. The molecule has 0 bridgehead atoms. The number of benzene rings is 3. The van der Waals surface area contributed by atoms with E-state index >= 15 is 0 Å². The molecular weight excluding hydrogens is 538 g/mol. The average Bonchev–Trinajstić information content (AvgIpc) is 2.92. The van der Waals surface area contributed by atoms with Crippen molar-refractivity contribution in [2.24, 2.45) is 5.10 Å². The van der Waals surface area contributed by atoms with Gasteiger partial charge in [0.1, 0.15) is 12.3 Å². The highest BCUT2D eigenvalue weighted by Gasteiger charge is 2.27. The molecule has 1 N–H and O–H groups in total. The summed E-state index contributed by atoms with van der Waals surface area (Å²) in [5, 5.41) is 4.06. The van der Waals surface area contributed by atoms with E-state index in [-0.39, 0.29) is 27.1 Å². The third-order valence-corrected chi connectivity index (χ3v) is 7.08. The average molecular weight is 562 g/mol. The van der Waals surface area contributed by atoms with E-state index in [1.165, 1.54) is 70.0 Å². The summed E-state index contributed by atoms with van der Waals surface area (Å²) in [4.78, 5) is 24.1. The van der Waals surface area contributed by atoms with E-state index in [4.69, 9.17) is 25.8 Å². The zero-order valence-electron chi connectivity index (χ0n) is 20.6. The quantitative estimate of drug-likeness (QED) is 0.171. The molecule has 3 aromatic carbocycles. The first-order valence-electron chi connectivity index (χ1n) is 10.9. The SMILES string of the molecule is COC(=O)Oc1ccc(/C=N/NC(=O)CN(c2ccc(OC)c(Cl)c2)S(=O)(=O)c2ccccc2)cc1OC. The van der Waals surface area contributed by atoms with Crippen LogP contribution in [0.1, 0.15) is 5.56 Å². The van der Waals surface area contributed by atoms with E-state index in [1.807, 2.05) is 0 Å². The Morgan fingerprint density at radius 1 is 0.947 bits per heavy atom. The number of methoxy groups -OCH3 is 3. The highest BCUT2D eigenvalue weighted by Crippen LogP contribution is 2.32. The summed E-state index contributed by atoms with van der Waals surface area (Å²) in [6, 6.07) is 16.6. The minimum absolute atomic E-state index is 0.00963. The number of carbonyl (C=O) groups excluding carboxylic acids is 2. The molecular formula is C25H24ClN3O8S. The molecule has 13 heteroatoms. The van der Waals surface area contributed by atoms with Gasteiger partial charge in [-0.05, 0) is 54.1 Å². The lowest BCUT2D eigenvalue weighted by atomic mass is 10.2. The van der Waals surface area contributed by atoms with E-state index in [2.05, 4.69) is 15.3 Å². The van der Waals surface area contributed by atoms with Gasteiger partial charge in [-0.15, -0.1) is 0 Å². The molecule has 3 aromatic rings. The Labute approximate surface area is 224 Å². The zero-order chi connectivity index (χ0) is 27.7. The first-order chi connectivity index (χ1) is 18.2. The number of nitrogens with one attached hydrogen (secondary N) is 1. The van der Waals surface area contributed by atoms with Gasteiger partial charge in [0.15, 0.2) is 11.5 Å². The van der Waals surface area contributed by atoms with Gasteiger partial charge in [0.25, 0.3) is 15.9 Å². The molecule has 0 aliphatic rings. The number of halogens is 1. The van der Waals surface area contributed by atoms with E-state index in [0.29, 0.717) is 11.3 Å². The molecule has 0 unspecified atom stereocenters. The monoisotopic (exact) mass is 561 g/mol. The van der Waals surface area contributed by atoms with Crippen LogP contribution in [0.25, 0.3) is 0 Å². The standard InChI is InChI=1S/C25H24ClN3O8S/c1-34-21-12-10-18(14-20(21)26)29(38(32,33)19-7-5-4-6-8-19)16-24(30)28-27-15-17-9-11-22(23(13-17)35-2)37-25(31)36-3/h4-15H,16H2,1-3H3,(H,28,30)/b27-15+. The van der Waals surface area contributed by atoms with Crippen LogP contribution in [-0.4, -0.2) is 54.6 Å². The number of sulfonamides is 1. The minimum atomic E-state index is -4.14. The van der Waals surface area contributed by atoms with Crippen molar-refractivity contribution in [3.8, 4) is 17.2 Å². The van der Waals surface area contributed by atoms with Crippen LogP contribution in [0.4, 0.5) is 10.5 Å². The smallest absolute Gasteiger partial charge is 0.495 e. The second-order valence-electron chi connectivity index (χ2n) is 7.40. The Morgan fingerprint density at radius 2 is 1.63 bits per heavy atom. The van der Waals surface area contributed by atoms with Crippen LogP contribution in [0.15, 0.2) is 76.7 Å². The number of hydrogen-bond acceptors (Lipinski definition) is 9. The molecule has 0 heterocycles. The Kier molecular flexibility index (Phi) is 9.52. The van der Waals surface area contributed by atoms with Crippen molar-refractivity contribution < 1.29 is 37.0 Å². The predicted octanol–water partition coefficient (Wildman–Crippen LogP) is 3.85. The second kappa shape index (κ2) is 12.8. The number of hydrazone groups is 1. The molecule has 38 heavy (non-hydrogen) atoms. The number of hydrogen-bond donors (Lipinski definition) is 1. The van der Waals surface area contributed by atoms with Crippen LogP contribution in [0, 0.1) is 0 Å². The Bertz CT molecular complexity index is 1430. The molecule has 0 aliphatic carbocycles. The third kappa shape index (κ3) is 6.93. The number of rotatable bonds is 10. The van der Waals surface area contributed by atoms with Gasteiger partial charge >= 0.3 is 6.16 Å². The molecule has 1 amide bonds. The van der Waals surface area contributed by atoms with E-state index in [1.54, 1.807) is 24.3 Å². The van der Waals surface area contributed by atoms with Crippen molar-refractivity contribution in [3.63, 3.8) is 0 Å². The maximum atomic E-state index is 13.4. The molecule has 0 spiro atoms. The fraction of sp³-hybridized carbons (Fsp3) is 0.160. The minimum Gasteiger partial charge on any atom is -0.495 e. The summed E-state index contributed by atoms with van der Waals surface area (Å²) in [5.74, 6) is -0.0205. The topological polar surface area (TPSA) is 133 Å². The fourth-order valence-corrected chi connectivity index (χ4v) is 4.86. The van der Waals surface area contributed by atoms with E-state index in [9.17, 15) is 18.0 Å². The normalized spacial score (nSPS) is 11.1. The van der Waals surface area contributed by atoms with Crippen molar-refractivity contribution in [2.45, 2.75) is 4.90 Å². The number of anilines is 1. The highest BCUT2D eigenvalue weighted by molar-refractivity contribution is 7.92. The van der Waals surface area contributed by atoms with Crippen LogP contribution >= 0.6 is 11.6 Å². The van der Waals surface area contributed by atoms with Gasteiger partial charge in [-0.25, -0.2) is 18.6 Å². The predicted molar refractivity (Wildman–Crippen MR) is 141 cm³/mol. The highest BCUT2D eigenvalue weighted by atomic mass is 35.5. The summed E-state index contributed by atoms with van der Waals surface area (Å²) in [7, 11) is -0.146. The van der Waals surface area contributed by atoms with Gasteiger partial charge in [0, 0.05) is 0 Å². The lowest BCUT2D eigenvalue weighted by molar-refractivity contribution is -0.119. The number of amides is 1. The van der Waals surface area contributed by atoms with Crippen molar-refractivity contribution >= 4 is 45.6 Å². The lowest BCUT2D eigenvalue weighted by Gasteiger charge is -2.24. The van der Waals surface area contributed by atoms with Crippen LogP contribution in [0.2, 0.25) is 5.02 Å². The molecule has 0 radical (unpaired) electrons. The summed E-state index contributed by atoms with van der Waals surface area (Å²) in [5.41, 5.74) is 2.96. The molecule has 0 aliphatic heterocycles. The van der Waals surface area contributed by atoms with Gasteiger partial charge in [-0.2, -0.15) is 5.10 Å². The number of nitrogens with zero attached hydrogens (tertiary/aromatic N) is 2. The second-order valence-corrected chi connectivity index (χ2v) is 9.67. The molecule has 11 nitrogen and oxygen atoms in total. The Hall–Kier alpha value is -4.29. The first kappa shape index (κ1) is 28.3. The number of carbonyl (C=O) groups is 2. The molecule has 200 valence electrons. The molecule has 0 saturated heterocycles. The van der Waals surface area contributed by atoms with Gasteiger partial charge in [-0.1, -0.05) is 29.8 Å². The van der Waals surface area contributed by atoms with Crippen molar-refractivity contribution in [1.29, 1.82) is 0 Å². The maximum Gasteiger partial charge on any atom is 0.513 e. The lowest BCUT2D eigenvalue weighted by Crippen LogP contribution is -2.39. The maximum absolute atomic E-state index is 13.4. The molecule has 0 atom stereocenters. The van der Waals surface area contributed by atoms with Crippen LogP contribution < -0.4 is 23.9 Å². The summed E-state index contributed by atoms with van der Waals surface area (Å²) in [6.07, 6.45) is 0.396. The van der Waals surface area contributed by atoms with Gasteiger partial charge in [0.05, 0.1) is 43.1 Å². The fourth-order valence-electron chi connectivity index (χ4n) is 3.17. The van der Waals surface area contributed by atoms with Crippen LogP contribution in [-0.2, 0) is 19.6 Å². The van der Waals surface area contributed by atoms with Crippen molar-refractivity contribution in [2.75, 3.05) is 32.2 Å². The van der Waals surface area contributed by atoms with Gasteiger partial charge in [0.2, 0.25) is 0 Å². The Balaban J connectivity index is 1.81. The molecule has 0 aromatic heterocycles. The Morgan fingerprint density at radius 3 is 2.26 bits per heavy atom. The van der Waals surface area contributed by atoms with Crippen LogP contribution in [0.5, 0.6) is 17.2 Å². The zero-order valence-corrected chi connectivity index (χ0v) is 22.2. The van der Waals surface area contributed by atoms with Gasteiger partial charge in [-0.3, -0.25) is 9.10 Å². The van der Waals surface area contributed by atoms with E-state index in [0.717, 1.165) is 4.31 Å². The van der Waals surface area contributed by atoms with Gasteiger partial charge < -0.3 is 18.9 Å². The largest absolute Gasteiger partial charge is 0.513 e. The molecule has 0 fully saturated rings. The summed E-state index contributed by atoms with van der Waals surface area (Å²) in [6.45, 7) is -0.591. The molecule has 0 saturated carbocycles. The third-order valence-electron chi connectivity index (χ3n) is 4.99. The summed E-state index contributed by atoms with van der Waals surface area (Å²) < 4.78 is 47.5. The number of ether oxygens (including phenoxy) is 4.